The summed E-state index contributed by atoms with van der Waals surface area (Å²) in [5, 5.41) is 5.03. The number of fused-ring (bicyclic) bond motifs is 1. The molecule has 0 aromatic carbocycles. The zero-order chi connectivity index (χ0) is 33.8. The molecule has 0 spiro atoms. The van der Waals surface area contributed by atoms with Crippen molar-refractivity contribution in [1.82, 2.24) is 24.8 Å². The fourth-order valence-corrected chi connectivity index (χ4v) is 3.66. The van der Waals surface area contributed by atoms with Gasteiger partial charge >= 0.3 is 12.1 Å². The molecule has 266 valence electrons. The predicted molar refractivity (Wildman–Crippen MR) is 166 cm³/mol. The van der Waals surface area contributed by atoms with Gasteiger partial charge in [-0.25, -0.2) is 4.79 Å². The fraction of sp³-hybridized carbons (Fsp3) is 0.655. The Morgan fingerprint density at radius 2 is 1.78 bits per heavy atom. The quantitative estimate of drug-likeness (QED) is 0.0804. The second-order valence-corrected chi connectivity index (χ2v) is 10.3. The summed E-state index contributed by atoms with van der Waals surface area (Å²) in [6.07, 6.45) is 2.86. The van der Waals surface area contributed by atoms with Crippen molar-refractivity contribution >= 4 is 41.4 Å². The number of carbonyl (C=O) groups excluding carboxylic acids is 4. The first-order valence-electron chi connectivity index (χ1n) is 14.8. The van der Waals surface area contributed by atoms with Crippen molar-refractivity contribution in [3.63, 3.8) is 0 Å². The van der Waals surface area contributed by atoms with Crippen LogP contribution in [0.25, 0.3) is 11.0 Å². The number of nitrogens with zero attached hydrogens (tertiary/aromatic N) is 3. The molecule has 0 saturated carbocycles. The smallest absolute Gasteiger partial charge is 0.414 e. The molecule has 1 atom stereocenters. The maximum absolute atomic E-state index is 13.5. The van der Waals surface area contributed by atoms with Crippen LogP contribution in [0.5, 0.6) is 0 Å². The summed E-state index contributed by atoms with van der Waals surface area (Å²) in [5.74, 6) is -1.34. The van der Waals surface area contributed by atoms with E-state index >= 15 is 0 Å². The van der Waals surface area contributed by atoms with E-state index in [1.807, 2.05) is 20.8 Å². The number of aromatic nitrogens is 3. The van der Waals surface area contributed by atoms with Crippen LogP contribution in [-0.4, -0.2) is 115 Å². The van der Waals surface area contributed by atoms with Crippen LogP contribution in [0.4, 0.5) is 10.7 Å². The normalized spacial score (nSPS) is 11.4. The van der Waals surface area contributed by atoms with Crippen LogP contribution in [0.1, 0.15) is 48.0 Å². The predicted octanol–water partition coefficient (Wildman–Crippen LogP) is 1.58. The van der Waals surface area contributed by atoms with Crippen LogP contribution in [0, 0.1) is 0 Å². The summed E-state index contributed by atoms with van der Waals surface area (Å²) < 4.78 is 27.6. The third-order valence-corrected chi connectivity index (χ3v) is 5.52. The van der Waals surface area contributed by atoms with E-state index in [0.29, 0.717) is 26.2 Å². The number of methoxy groups -OCH3 is 1. The number of H-pyrrole nitrogens is 1. The van der Waals surface area contributed by atoms with Crippen molar-refractivity contribution in [1.29, 1.82) is 0 Å². The summed E-state index contributed by atoms with van der Waals surface area (Å²) in [6.45, 7) is 11.6. The molecule has 0 aliphatic rings. The number of hydrogen-bond donors (Lipinski definition) is 3. The van der Waals surface area contributed by atoms with Gasteiger partial charge < -0.3 is 43.3 Å². The largest absolute Gasteiger partial charge is 0.524 e. The minimum atomic E-state index is -0.824. The van der Waals surface area contributed by atoms with Crippen molar-refractivity contribution < 1.29 is 42.9 Å². The van der Waals surface area contributed by atoms with Crippen molar-refractivity contribution in [2.75, 3.05) is 65.2 Å². The van der Waals surface area contributed by atoms with Gasteiger partial charge in [0.15, 0.2) is 0 Å². The Balaban J connectivity index is 0.00000661. The van der Waals surface area contributed by atoms with Crippen molar-refractivity contribution in [2.45, 2.75) is 66.2 Å². The first kappa shape index (κ1) is 41.0. The molecule has 0 fully saturated rings. The van der Waals surface area contributed by atoms with Crippen molar-refractivity contribution in [3.05, 3.63) is 22.6 Å². The number of rotatable bonds is 19. The summed E-state index contributed by atoms with van der Waals surface area (Å²) in [4.78, 5) is 69.9. The van der Waals surface area contributed by atoms with Gasteiger partial charge in [-0.1, -0.05) is 20.8 Å². The molecule has 0 radical (unpaired) electrons. The molecule has 1 unspecified atom stereocenters. The summed E-state index contributed by atoms with van der Waals surface area (Å²) in [6, 6.07) is 0.770. The minimum Gasteiger partial charge on any atom is -0.524 e. The molecule has 2 aromatic rings. The van der Waals surface area contributed by atoms with Crippen molar-refractivity contribution in [2.24, 2.45) is 0 Å². The molecule has 0 bridgehead atoms. The van der Waals surface area contributed by atoms with Gasteiger partial charge in [-0.15, -0.1) is 0 Å². The molecule has 0 aliphatic heterocycles. The first-order chi connectivity index (χ1) is 21.5. The van der Waals surface area contributed by atoms with Gasteiger partial charge in [0.2, 0.25) is 11.9 Å². The van der Waals surface area contributed by atoms with E-state index in [-0.39, 0.29) is 49.9 Å². The average molecular weight is 897 g/mol. The molecular weight excluding hydrogens is 849 g/mol. The zero-order valence-electron chi connectivity index (χ0n) is 27.5. The standard InChI is InChI=1S/C27H41N6O10.C2H6.Fm/c1-6-9-42-22(36)16-33(14-19(28-18-34)17-41-13-12-40-11-10-39-5)21(35)15-32-8-7-20-23(32)29-25(30-24(20)37)31-26(38)43-27(2,3)4;1-2;/h7-8,19H,6,9-17H2,1-5H3,(H,28,34)(H2,29,30,31,37,38);1-2H3;/q-1;;. The molecule has 2 aromatic heterocycles. The van der Waals surface area contributed by atoms with Crippen LogP contribution >= 0.6 is 0 Å². The topological polar surface area (TPSA) is 192 Å². The second kappa shape index (κ2) is 21.6. The molecule has 17 heteroatoms. The minimum absolute atomic E-state index is 0. The van der Waals surface area contributed by atoms with Gasteiger partial charge in [0, 0.05) is 25.9 Å². The fourth-order valence-electron chi connectivity index (χ4n) is 3.66. The van der Waals surface area contributed by atoms with Crippen LogP contribution < -0.4 is 16.2 Å². The molecule has 2 rings (SSSR count). The number of anilines is 1. The number of amides is 3. The van der Waals surface area contributed by atoms with E-state index in [4.69, 9.17) is 23.7 Å². The van der Waals surface area contributed by atoms with Gasteiger partial charge in [-0.3, -0.25) is 24.7 Å². The van der Waals surface area contributed by atoms with Gasteiger partial charge in [0.1, 0.15) is 24.3 Å². The first-order valence-corrected chi connectivity index (χ1v) is 14.8. The van der Waals surface area contributed by atoms with E-state index in [1.165, 1.54) is 21.7 Å². The molecule has 46 heavy (non-hydrogen) atoms. The van der Waals surface area contributed by atoms with E-state index in [1.54, 1.807) is 34.3 Å². The molecule has 16 nitrogen and oxygen atoms in total. The average Bonchev–Trinajstić information content (AvgIpc) is 3.38. The molecule has 0 aliphatic carbocycles. The Bertz CT molecular complexity index is 1260. The third kappa shape index (κ3) is 15.1. The Kier molecular flexibility index (Phi) is 19.3. The molecule has 3 amide bonds. The Morgan fingerprint density at radius 1 is 1.11 bits per heavy atom. The molecular formula is C29H47FmN6O10-. The van der Waals surface area contributed by atoms with Crippen LogP contribution in [0.3, 0.4) is 0 Å². The van der Waals surface area contributed by atoms with Crippen LogP contribution in [0.2, 0.25) is 0 Å². The Labute approximate surface area is 263 Å². The summed E-state index contributed by atoms with van der Waals surface area (Å²) in [5.41, 5.74) is -1.21. The molecule has 2 heterocycles. The van der Waals surface area contributed by atoms with Crippen molar-refractivity contribution in [3.8, 4) is 0 Å². The van der Waals surface area contributed by atoms with Gasteiger partial charge in [-0.05, 0) is 33.3 Å². The Morgan fingerprint density at radius 3 is 2.41 bits per heavy atom. The number of carbonyl (C=O) groups is 3. The monoisotopic (exact) mass is 896 g/mol. The maximum atomic E-state index is 13.5. The maximum Gasteiger partial charge on any atom is 0.414 e. The summed E-state index contributed by atoms with van der Waals surface area (Å²) >= 11 is 0. The van der Waals surface area contributed by atoms with E-state index in [2.05, 4.69) is 20.6 Å². The van der Waals surface area contributed by atoms with Crippen LogP contribution in [-0.2, 0) is 44.6 Å². The van der Waals surface area contributed by atoms with Gasteiger partial charge in [0.25, 0.3) is 5.56 Å². The van der Waals surface area contributed by atoms with E-state index in [9.17, 15) is 24.0 Å². The SMILES string of the molecule is CC.CCCOC(=O)CN(CC(COCCOCCOC)N[C-]=O)C(=O)Cn1ccc2c(=O)[nH]c(NC(=O)OC(C)(C)C)nc21.[Fm]. The second-order valence-electron chi connectivity index (χ2n) is 10.3. The van der Waals surface area contributed by atoms with E-state index < -0.39 is 41.7 Å². The van der Waals surface area contributed by atoms with Gasteiger partial charge in [0.05, 0.1) is 45.0 Å². The van der Waals surface area contributed by atoms with E-state index in [0.717, 1.165) is 0 Å². The number of aromatic amines is 1. The molecule has 0 saturated heterocycles. The Hall–Kier alpha value is -5.02. The van der Waals surface area contributed by atoms with Crippen LogP contribution in [0.15, 0.2) is 17.1 Å². The summed E-state index contributed by atoms with van der Waals surface area (Å²) in [7, 11) is 1.56. The number of hydrogen-bond acceptors (Lipinski definition) is 11. The van der Waals surface area contributed by atoms with Gasteiger partial charge in [-0.2, -0.15) is 11.4 Å². The number of ether oxygens (including phenoxy) is 5. The zero-order valence-corrected chi connectivity index (χ0v) is 29.9. The third-order valence-electron chi connectivity index (χ3n) is 5.52. The number of esters is 1. The number of nitrogens with one attached hydrogen (secondary N) is 3. The molecule has 3 N–H and O–H groups in total.